The standard InChI is InChI=1S/C32H57N6O6P/c1-10-24(11-2)15-18-42-29(39)31(6,7)36-45(41,37-32(8,9)30(40)43-19-16-25(12-3)13-4)22-44-23(5)20-38-21-35-27-26(33)14-17-34-28(27)38/h14,17,21,23-25H,10-13,15-16,18-20,22H2,1-9H3,(H2,33,34)(H2,36,37,41)/t23-/m1/s1. The minimum atomic E-state index is -3.78. The van der Waals surface area contributed by atoms with Crippen LogP contribution in [-0.4, -0.2) is 63.2 Å². The molecule has 0 aliphatic carbocycles. The minimum Gasteiger partial charge on any atom is -0.464 e. The van der Waals surface area contributed by atoms with Gasteiger partial charge in [-0.3, -0.25) is 14.2 Å². The molecule has 0 saturated heterocycles. The van der Waals surface area contributed by atoms with Crippen molar-refractivity contribution in [3.8, 4) is 0 Å². The molecule has 0 amide bonds. The third kappa shape index (κ3) is 11.6. The van der Waals surface area contributed by atoms with Crippen LogP contribution in [-0.2, 0) is 34.9 Å². The van der Waals surface area contributed by atoms with Gasteiger partial charge in [0.05, 0.1) is 37.9 Å². The van der Waals surface area contributed by atoms with Crippen molar-refractivity contribution in [2.45, 2.75) is 125 Å². The maximum Gasteiger partial charge on any atom is 0.326 e. The zero-order chi connectivity index (χ0) is 33.8. The molecule has 0 saturated carbocycles. The summed E-state index contributed by atoms with van der Waals surface area (Å²) in [6, 6.07) is 1.69. The molecule has 0 bridgehead atoms. The summed E-state index contributed by atoms with van der Waals surface area (Å²) in [4.78, 5) is 35.1. The third-order valence-corrected chi connectivity index (χ3v) is 10.7. The Morgan fingerprint density at radius 3 is 1.87 bits per heavy atom. The molecule has 0 aliphatic heterocycles. The summed E-state index contributed by atoms with van der Waals surface area (Å²) in [5.41, 5.74) is 5.05. The van der Waals surface area contributed by atoms with Gasteiger partial charge in [0, 0.05) is 6.20 Å². The van der Waals surface area contributed by atoms with Gasteiger partial charge in [-0.2, -0.15) is 0 Å². The number of anilines is 1. The van der Waals surface area contributed by atoms with E-state index in [2.05, 4.69) is 47.8 Å². The zero-order valence-electron chi connectivity index (χ0n) is 28.9. The lowest BCUT2D eigenvalue weighted by molar-refractivity contribution is -0.150. The lowest BCUT2D eigenvalue weighted by atomic mass is 10.0. The first-order valence-electron chi connectivity index (χ1n) is 16.3. The molecule has 12 nitrogen and oxygen atoms in total. The van der Waals surface area contributed by atoms with Crippen molar-refractivity contribution in [2.75, 3.05) is 25.3 Å². The normalized spacial score (nSPS) is 13.5. The van der Waals surface area contributed by atoms with Crippen molar-refractivity contribution < 1.29 is 28.4 Å². The Morgan fingerprint density at radius 1 is 0.911 bits per heavy atom. The number of carbonyl (C=O) groups excluding carboxylic acids is 2. The van der Waals surface area contributed by atoms with E-state index in [1.54, 1.807) is 46.3 Å². The molecule has 13 heteroatoms. The summed E-state index contributed by atoms with van der Waals surface area (Å²) in [5, 5.41) is 5.96. The predicted octanol–water partition coefficient (Wildman–Crippen LogP) is 6.04. The molecular formula is C32H57N6O6P. The lowest BCUT2D eigenvalue weighted by Gasteiger charge is -2.35. The van der Waals surface area contributed by atoms with Crippen LogP contribution in [0.25, 0.3) is 11.2 Å². The van der Waals surface area contributed by atoms with Crippen LogP contribution in [0.3, 0.4) is 0 Å². The lowest BCUT2D eigenvalue weighted by Crippen LogP contribution is -2.54. The molecule has 0 aliphatic rings. The fourth-order valence-electron chi connectivity index (χ4n) is 5.16. The van der Waals surface area contributed by atoms with E-state index >= 15 is 0 Å². The maximum atomic E-state index is 14.6. The maximum absolute atomic E-state index is 14.6. The summed E-state index contributed by atoms with van der Waals surface area (Å²) in [6.45, 7) is 17.6. The van der Waals surface area contributed by atoms with E-state index in [0.717, 1.165) is 38.5 Å². The van der Waals surface area contributed by atoms with Gasteiger partial charge in [0.15, 0.2) is 5.65 Å². The Kier molecular flexibility index (Phi) is 14.9. The monoisotopic (exact) mass is 652 g/mol. The second-order valence-electron chi connectivity index (χ2n) is 13.0. The molecule has 0 aromatic carbocycles. The smallest absolute Gasteiger partial charge is 0.326 e. The predicted molar refractivity (Wildman–Crippen MR) is 179 cm³/mol. The summed E-state index contributed by atoms with van der Waals surface area (Å²) in [6.07, 6.45) is 8.02. The highest BCUT2D eigenvalue weighted by molar-refractivity contribution is 7.59. The van der Waals surface area contributed by atoms with Gasteiger partial charge in [0.1, 0.15) is 22.9 Å². The van der Waals surface area contributed by atoms with E-state index in [0.29, 0.717) is 35.2 Å². The Morgan fingerprint density at radius 2 is 1.40 bits per heavy atom. The van der Waals surface area contributed by atoms with Crippen LogP contribution in [0.15, 0.2) is 18.6 Å². The average Bonchev–Trinajstić information content (AvgIpc) is 3.39. The zero-order valence-corrected chi connectivity index (χ0v) is 29.7. The molecule has 45 heavy (non-hydrogen) atoms. The van der Waals surface area contributed by atoms with Gasteiger partial charge in [-0.1, -0.05) is 53.4 Å². The first kappa shape index (κ1) is 38.7. The van der Waals surface area contributed by atoms with Crippen LogP contribution in [0.5, 0.6) is 0 Å². The molecule has 4 N–H and O–H groups in total. The van der Waals surface area contributed by atoms with Crippen LogP contribution in [0.1, 0.15) is 101 Å². The summed E-state index contributed by atoms with van der Waals surface area (Å²) >= 11 is 0. The van der Waals surface area contributed by atoms with E-state index in [1.807, 2.05) is 11.5 Å². The minimum absolute atomic E-state index is 0.271. The Bertz CT molecular complexity index is 1230. The van der Waals surface area contributed by atoms with Crippen molar-refractivity contribution >= 4 is 36.2 Å². The number of esters is 2. The highest BCUT2D eigenvalue weighted by atomic mass is 31.2. The van der Waals surface area contributed by atoms with Crippen molar-refractivity contribution in [2.24, 2.45) is 11.8 Å². The summed E-state index contributed by atoms with van der Waals surface area (Å²) in [7, 11) is -3.78. The first-order valence-corrected chi connectivity index (χ1v) is 18.2. The first-order chi connectivity index (χ1) is 21.1. The highest BCUT2D eigenvalue weighted by Gasteiger charge is 2.43. The van der Waals surface area contributed by atoms with Crippen molar-refractivity contribution in [3.63, 3.8) is 0 Å². The molecule has 2 aromatic heterocycles. The molecule has 0 radical (unpaired) electrons. The summed E-state index contributed by atoms with van der Waals surface area (Å²) in [5.74, 6) is -0.148. The number of nitrogens with one attached hydrogen (secondary N) is 2. The van der Waals surface area contributed by atoms with Gasteiger partial charge in [-0.25, -0.2) is 20.1 Å². The van der Waals surface area contributed by atoms with Gasteiger partial charge in [-0.05, 0) is 65.4 Å². The fourth-order valence-corrected chi connectivity index (χ4v) is 7.79. The number of fused-ring (bicyclic) bond motifs is 1. The van der Waals surface area contributed by atoms with E-state index in [9.17, 15) is 14.2 Å². The topological polar surface area (TPSA) is 160 Å². The SMILES string of the molecule is CCC(CC)CCOC(=O)C(C)(C)NP(=O)(CO[C@H](C)Cn1cnc2c(N)ccnc21)NC(C)(C)C(=O)OCCC(CC)CC. The third-order valence-electron chi connectivity index (χ3n) is 8.30. The Balaban J connectivity index is 2.19. The number of nitrogen functional groups attached to an aromatic ring is 1. The van der Waals surface area contributed by atoms with Crippen LogP contribution in [0, 0.1) is 11.8 Å². The number of rotatable bonds is 21. The molecule has 256 valence electrons. The number of hydrogen-bond acceptors (Lipinski definition) is 9. The van der Waals surface area contributed by atoms with E-state index in [1.165, 1.54) is 0 Å². The average molecular weight is 653 g/mol. The van der Waals surface area contributed by atoms with Gasteiger partial charge in [0.25, 0.3) is 0 Å². The van der Waals surface area contributed by atoms with E-state index in [4.69, 9.17) is 19.9 Å². The summed E-state index contributed by atoms with van der Waals surface area (Å²) < 4.78 is 33.7. The molecule has 2 aromatic rings. The second-order valence-corrected chi connectivity index (χ2v) is 15.2. The highest BCUT2D eigenvalue weighted by Crippen LogP contribution is 2.42. The number of ether oxygens (including phenoxy) is 3. The molecule has 0 spiro atoms. The molecular weight excluding hydrogens is 595 g/mol. The van der Waals surface area contributed by atoms with Gasteiger partial charge in [-0.15, -0.1) is 0 Å². The number of nitrogens with two attached hydrogens (primary N) is 1. The van der Waals surface area contributed by atoms with Crippen LogP contribution in [0.2, 0.25) is 0 Å². The molecule has 0 unspecified atom stereocenters. The fraction of sp³-hybridized carbons (Fsp3) is 0.750. The van der Waals surface area contributed by atoms with Crippen molar-refractivity contribution in [1.82, 2.24) is 24.7 Å². The molecule has 2 heterocycles. The van der Waals surface area contributed by atoms with Crippen LogP contribution < -0.4 is 15.9 Å². The van der Waals surface area contributed by atoms with Crippen LogP contribution >= 0.6 is 7.44 Å². The van der Waals surface area contributed by atoms with Gasteiger partial charge in [0.2, 0.25) is 7.44 Å². The van der Waals surface area contributed by atoms with E-state index in [-0.39, 0.29) is 19.6 Å². The molecule has 2 rings (SSSR count). The number of aromatic nitrogens is 3. The van der Waals surface area contributed by atoms with E-state index < -0.39 is 36.6 Å². The van der Waals surface area contributed by atoms with Crippen LogP contribution in [0.4, 0.5) is 5.69 Å². The molecule has 0 fully saturated rings. The van der Waals surface area contributed by atoms with Crippen molar-refractivity contribution in [1.29, 1.82) is 0 Å². The second kappa shape index (κ2) is 17.4. The number of nitrogens with zero attached hydrogens (tertiary/aromatic N) is 3. The van der Waals surface area contributed by atoms with Crippen molar-refractivity contribution in [3.05, 3.63) is 18.6 Å². The number of hydrogen-bond donors (Lipinski definition) is 3. The quantitative estimate of drug-likeness (QED) is 0.106. The number of carbonyl (C=O) groups is 2. The number of pyridine rings is 1. The Hall–Kier alpha value is -2.53. The number of imidazole rings is 1. The van der Waals surface area contributed by atoms with Gasteiger partial charge < -0.3 is 24.5 Å². The largest absolute Gasteiger partial charge is 0.464 e. The van der Waals surface area contributed by atoms with Gasteiger partial charge >= 0.3 is 11.9 Å². The molecule has 1 atom stereocenters. The Labute approximate surface area is 269 Å².